The number of aromatic nitrogens is 2. The molecule has 0 saturated carbocycles. The highest BCUT2D eigenvalue weighted by atomic mass is 16.5. The second-order valence-electron chi connectivity index (χ2n) is 4.20. The summed E-state index contributed by atoms with van der Waals surface area (Å²) in [5.74, 6) is 0.795. The fourth-order valence-electron chi connectivity index (χ4n) is 1.93. The van der Waals surface area contributed by atoms with E-state index in [4.69, 9.17) is 15.2 Å². The molecule has 1 fully saturated rings. The highest BCUT2D eigenvalue weighted by molar-refractivity contribution is 5.93. The molecule has 1 aromatic carbocycles. The zero-order chi connectivity index (χ0) is 14.5. The number of nitrogens with one attached hydrogen (secondary N) is 1. The van der Waals surface area contributed by atoms with Crippen molar-refractivity contribution in [3.8, 4) is 5.75 Å². The minimum Gasteiger partial charge on any atom is -0.490 e. The third-order valence-corrected chi connectivity index (χ3v) is 2.96. The Morgan fingerprint density at radius 2 is 2.25 bits per heavy atom. The van der Waals surface area contributed by atoms with Crippen molar-refractivity contribution in [1.82, 2.24) is 9.97 Å². The molecule has 1 aromatic heterocycles. The van der Waals surface area contributed by atoms with Gasteiger partial charge < -0.3 is 20.2 Å². The van der Waals surface area contributed by atoms with Crippen LogP contribution in [0.25, 0.3) is 10.9 Å². The van der Waals surface area contributed by atoms with Crippen LogP contribution in [0.2, 0.25) is 0 Å². The molecule has 0 spiro atoms. The molecule has 1 aliphatic heterocycles. The van der Waals surface area contributed by atoms with Crippen LogP contribution >= 0.6 is 0 Å². The van der Waals surface area contributed by atoms with Crippen molar-refractivity contribution in [1.29, 1.82) is 0 Å². The molecule has 0 aliphatic carbocycles. The Labute approximate surface area is 116 Å². The maximum absolute atomic E-state index is 11.2. The molecule has 2 heterocycles. The monoisotopic (exact) mass is 277 g/mol. The molecule has 1 saturated heterocycles. The lowest BCUT2D eigenvalue weighted by Gasteiger charge is -2.26. The summed E-state index contributed by atoms with van der Waals surface area (Å²) in [5.41, 5.74) is 5.93. The first kappa shape index (κ1) is 14.3. The van der Waals surface area contributed by atoms with E-state index in [1.807, 2.05) is 13.8 Å². The summed E-state index contributed by atoms with van der Waals surface area (Å²) >= 11 is 0. The number of benzene rings is 1. The predicted molar refractivity (Wildman–Crippen MR) is 78.0 cm³/mol. The van der Waals surface area contributed by atoms with Gasteiger partial charge >= 0.3 is 5.69 Å². The number of hydrogen-bond donors (Lipinski definition) is 2. The largest absolute Gasteiger partial charge is 0.490 e. The van der Waals surface area contributed by atoms with Crippen LogP contribution in [0.4, 0.5) is 5.82 Å². The number of fused-ring (bicyclic) bond motifs is 1. The van der Waals surface area contributed by atoms with Crippen molar-refractivity contribution in [3.63, 3.8) is 0 Å². The molecule has 108 valence electrons. The molecule has 0 radical (unpaired) electrons. The standard InChI is InChI=1S/C12H13N3O3.C2H6/c13-11-10-8(14-12(16)15-11)2-1-3-9(10)18-6-7-4-5-17-7;1-2/h1-3,7H,4-6H2,(H3,13,14,15,16);1-2H3. The summed E-state index contributed by atoms with van der Waals surface area (Å²) in [4.78, 5) is 17.5. The molecule has 3 N–H and O–H groups in total. The number of nitrogen functional groups attached to an aromatic ring is 1. The lowest BCUT2D eigenvalue weighted by atomic mass is 10.2. The van der Waals surface area contributed by atoms with Crippen LogP contribution in [-0.4, -0.2) is 29.3 Å². The minimum atomic E-state index is -0.459. The summed E-state index contributed by atoms with van der Waals surface area (Å²) in [6, 6.07) is 5.37. The van der Waals surface area contributed by atoms with E-state index in [-0.39, 0.29) is 11.9 Å². The number of hydrogen-bond acceptors (Lipinski definition) is 5. The molecular weight excluding hydrogens is 258 g/mol. The average Bonchev–Trinajstić information content (AvgIpc) is 2.38. The molecule has 6 nitrogen and oxygen atoms in total. The molecule has 1 unspecified atom stereocenters. The van der Waals surface area contributed by atoms with E-state index >= 15 is 0 Å². The Bertz CT molecular complexity index is 635. The predicted octanol–water partition coefficient (Wildman–Crippen LogP) is 1.70. The maximum Gasteiger partial charge on any atom is 0.347 e. The maximum atomic E-state index is 11.2. The Morgan fingerprint density at radius 1 is 1.50 bits per heavy atom. The van der Waals surface area contributed by atoms with Gasteiger partial charge in [-0.3, -0.25) is 0 Å². The van der Waals surface area contributed by atoms with Gasteiger partial charge in [0.05, 0.1) is 17.0 Å². The first-order valence-corrected chi connectivity index (χ1v) is 6.77. The topological polar surface area (TPSA) is 90.2 Å². The first-order valence-electron chi connectivity index (χ1n) is 6.77. The van der Waals surface area contributed by atoms with Crippen LogP contribution in [0.3, 0.4) is 0 Å². The molecule has 1 atom stereocenters. The van der Waals surface area contributed by atoms with Crippen LogP contribution in [0, 0.1) is 0 Å². The Hall–Kier alpha value is -2.08. The van der Waals surface area contributed by atoms with Gasteiger partial charge in [0.15, 0.2) is 0 Å². The number of nitrogens with two attached hydrogens (primary N) is 1. The minimum absolute atomic E-state index is 0.150. The van der Waals surface area contributed by atoms with Crippen LogP contribution in [0.15, 0.2) is 23.0 Å². The normalized spacial score (nSPS) is 17.0. The quantitative estimate of drug-likeness (QED) is 0.891. The number of aromatic amines is 1. The van der Waals surface area contributed by atoms with E-state index in [0.717, 1.165) is 13.0 Å². The van der Waals surface area contributed by atoms with E-state index in [1.165, 1.54) is 0 Å². The second-order valence-corrected chi connectivity index (χ2v) is 4.20. The number of H-pyrrole nitrogens is 1. The summed E-state index contributed by atoms with van der Waals surface area (Å²) in [6.07, 6.45) is 1.16. The van der Waals surface area contributed by atoms with Gasteiger partial charge in [0.1, 0.15) is 18.2 Å². The molecule has 20 heavy (non-hydrogen) atoms. The van der Waals surface area contributed by atoms with E-state index in [2.05, 4.69) is 9.97 Å². The molecule has 0 bridgehead atoms. The summed E-state index contributed by atoms with van der Waals surface area (Å²) in [6.45, 7) is 5.28. The van der Waals surface area contributed by atoms with Gasteiger partial charge in [-0.15, -0.1) is 0 Å². The van der Waals surface area contributed by atoms with Crippen LogP contribution in [0.1, 0.15) is 20.3 Å². The summed E-state index contributed by atoms with van der Waals surface area (Å²) < 4.78 is 11.0. The van der Waals surface area contributed by atoms with Gasteiger partial charge in [-0.1, -0.05) is 19.9 Å². The number of anilines is 1. The zero-order valence-electron chi connectivity index (χ0n) is 11.7. The smallest absolute Gasteiger partial charge is 0.347 e. The lowest BCUT2D eigenvalue weighted by molar-refractivity contribution is -0.0718. The Kier molecular flexibility index (Phi) is 4.57. The molecule has 2 aromatic rings. The van der Waals surface area contributed by atoms with Crippen molar-refractivity contribution >= 4 is 16.7 Å². The van der Waals surface area contributed by atoms with E-state index in [9.17, 15) is 4.79 Å². The fourth-order valence-corrected chi connectivity index (χ4v) is 1.93. The van der Waals surface area contributed by atoms with Gasteiger partial charge in [0.2, 0.25) is 0 Å². The summed E-state index contributed by atoms with van der Waals surface area (Å²) in [5, 5.41) is 0.636. The zero-order valence-corrected chi connectivity index (χ0v) is 11.7. The Morgan fingerprint density at radius 3 is 2.90 bits per heavy atom. The molecule has 6 heteroatoms. The number of rotatable bonds is 3. The van der Waals surface area contributed by atoms with Crippen molar-refractivity contribution in [2.75, 3.05) is 18.9 Å². The van der Waals surface area contributed by atoms with Gasteiger partial charge in [-0.05, 0) is 12.1 Å². The van der Waals surface area contributed by atoms with Crippen molar-refractivity contribution in [2.45, 2.75) is 26.4 Å². The Balaban J connectivity index is 0.000000704. The molecule has 0 amide bonds. The molecule has 1 aliphatic rings. The number of nitrogens with zero attached hydrogens (tertiary/aromatic N) is 1. The third-order valence-electron chi connectivity index (χ3n) is 2.96. The number of ether oxygens (including phenoxy) is 2. The van der Waals surface area contributed by atoms with Crippen molar-refractivity contribution < 1.29 is 9.47 Å². The first-order chi connectivity index (χ1) is 9.74. The van der Waals surface area contributed by atoms with Crippen molar-refractivity contribution in [2.24, 2.45) is 0 Å². The molecular formula is C14H19N3O3. The van der Waals surface area contributed by atoms with Crippen LogP contribution < -0.4 is 16.2 Å². The van der Waals surface area contributed by atoms with Crippen LogP contribution in [0.5, 0.6) is 5.75 Å². The van der Waals surface area contributed by atoms with Gasteiger partial charge in [0.25, 0.3) is 0 Å². The van der Waals surface area contributed by atoms with E-state index in [1.54, 1.807) is 18.2 Å². The SMILES string of the molecule is CC.Nc1nc(=O)[nH]c2cccc(OCC3CCO3)c12. The third kappa shape index (κ3) is 2.91. The van der Waals surface area contributed by atoms with Crippen LogP contribution in [-0.2, 0) is 4.74 Å². The second kappa shape index (κ2) is 6.38. The highest BCUT2D eigenvalue weighted by Crippen LogP contribution is 2.27. The molecule has 3 rings (SSSR count). The van der Waals surface area contributed by atoms with Gasteiger partial charge in [-0.25, -0.2) is 4.79 Å². The highest BCUT2D eigenvalue weighted by Gasteiger charge is 2.19. The average molecular weight is 277 g/mol. The fraction of sp³-hybridized carbons (Fsp3) is 0.429. The van der Waals surface area contributed by atoms with Crippen molar-refractivity contribution in [3.05, 3.63) is 28.7 Å². The summed E-state index contributed by atoms with van der Waals surface area (Å²) in [7, 11) is 0. The van der Waals surface area contributed by atoms with E-state index < -0.39 is 5.69 Å². The van der Waals surface area contributed by atoms with Gasteiger partial charge in [-0.2, -0.15) is 4.98 Å². The lowest BCUT2D eigenvalue weighted by Crippen LogP contribution is -2.32. The van der Waals surface area contributed by atoms with E-state index in [0.29, 0.717) is 23.3 Å². The van der Waals surface area contributed by atoms with Gasteiger partial charge in [0, 0.05) is 13.0 Å².